The number of esters is 2. The van der Waals surface area contributed by atoms with Gasteiger partial charge in [-0.3, -0.25) is 14.4 Å². The van der Waals surface area contributed by atoms with Crippen molar-refractivity contribution < 1.29 is 97.1 Å². The second-order valence-electron chi connectivity index (χ2n) is 26.3. The molecule has 27 heteroatoms. The quantitative estimate of drug-likeness (QED) is 0.0520. The number of rotatable bonds is 15. The van der Waals surface area contributed by atoms with E-state index in [9.17, 15) is 45.0 Å². The fourth-order valence-electron chi connectivity index (χ4n) is 17.0. The summed E-state index contributed by atoms with van der Waals surface area (Å²) in [6.45, 7) is 0. The van der Waals surface area contributed by atoms with Gasteiger partial charge in [0.2, 0.25) is 41.2 Å². The zero-order valence-electron chi connectivity index (χ0n) is 58.8. The molecule has 3 aromatic heterocycles. The number of benzene rings is 6. The van der Waals surface area contributed by atoms with E-state index in [-0.39, 0.29) is 90.0 Å². The number of carbonyl (C=O) groups is 3. The van der Waals surface area contributed by atoms with E-state index in [4.69, 9.17) is 52.1 Å². The van der Waals surface area contributed by atoms with Crippen LogP contribution >= 0.6 is 47.8 Å². The molecule has 0 radical (unpaired) electrons. The zero-order chi connectivity index (χ0) is 75.7. The first kappa shape index (κ1) is 79.6. The topological polar surface area (TPSA) is 316 Å². The summed E-state index contributed by atoms with van der Waals surface area (Å²) in [7, 11) is 14.4. The fraction of sp³-hybridized carbons (Fsp3) is 0.333. The Hall–Kier alpha value is -9.42. The Labute approximate surface area is 649 Å². The van der Waals surface area contributed by atoms with Crippen molar-refractivity contribution in [2.45, 2.75) is 84.5 Å². The number of carbonyl (C=O) groups excluding carboxylic acids is 3. The number of pyridine rings is 3. The molecule has 0 unspecified atom stereocenters. The van der Waals surface area contributed by atoms with Crippen LogP contribution in [-0.2, 0) is 57.5 Å². The molecular weight excluding hydrogens is 1590 g/mol. The maximum absolute atomic E-state index is 13.6. The lowest BCUT2D eigenvalue weighted by Crippen LogP contribution is -2.52. The average Bonchev–Trinajstić information content (AvgIpc) is 1.51. The Morgan fingerprint density at radius 2 is 0.639 bits per heavy atom. The predicted molar refractivity (Wildman–Crippen MR) is 405 cm³/mol. The first-order chi connectivity index (χ1) is 50.9. The van der Waals surface area contributed by atoms with Crippen LogP contribution in [0.3, 0.4) is 0 Å². The van der Waals surface area contributed by atoms with E-state index in [2.05, 4.69) is 62.7 Å². The standard InChI is InChI=1S/C27H27BrN2O6.2C26H24BrNO7.2CH4/c1-30(2)25(32)20-21(15-8-6-5-7-9-15)27(16-10-12-17(28)13-11-16)26(33,23(20)31)22-18(36-27)14-19(34-3)29-24(22)35-4;2*1-32-18-13-17-21(23(28-18)33-2)25(31)22(29)19(24(30)34-3)20(14-7-5-4-6-8-14)26(25,35-17)15-9-11-16(27)12-10-15;;/h5-14,20-21,23,31,33H,1-4H3;2*4-13,19-20,22,29,31H,1-3H3;2*1H4/t20-,21-,23-,26+,27+;2*19-,20-,22-,25+,26+;;/m111../s1. The number of aliphatic hydroxyl groups excluding tert-OH is 3. The largest absolute Gasteiger partial charge is 0.481 e. The van der Waals surface area contributed by atoms with Gasteiger partial charge in [-0.05, 0) is 69.8 Å². The number of halogens is 3. The normalized spacial score (nSPS) is 27.9. The van der Waals surface area contributed by atoms with E-state index >= 15 is 0 Å². The van der Waals surface area contributed by atoms with Gasteiger partial charge in [-0.25, -0.2) is 0 Å². The summed E-state index contributed by atoms with van der Waals surface area (Å²) in [6, 6.07) is 54.1. The number of amides is 1. The molecule has 3 fully saturated rings. The highest BCUT2D eigenvalue weighted by Gasteiger charge is 2.82. The van der Waals surface area contributed by atoms with Gasteiger partial charge in [-0.15, -0.1) is 0 Å². The average molecular weight is 1670 g/mol. The Bertz CT molecular complexity index is 4590. The van der Waals surface area contributed by atoms with Gasteiger partial charge in [-0.2, -0.15) is 15.0 Å². The van der Waals surface area contributed by atoms with E-state index in [1.807, 2.05) is 140 Å². The summed E-state index contributed by atoms with van der Waals surface area (Å²) in [4.78, 5) is 54.4. The van der Waals surface area contributed by atoms with Crippen LogP contribution in [0.25, 0.3) is 0 Å². The first-order valence-electron chi connectivity index (χ1n) is 33.4. The smallest absolute Gasteiger partial charge is 0.312 e. The van der Waals surface area contributed by atoms with E-state index in [0.29, 0.717) is 27.8 Å². The molecule has 24 nitrogen and oxygen atoms in total. The number of fused-ring (bicyclic) bond motifs is 9. The highest BCUT2D eigenvalue weighted by atomic mass is 79.9. The molecule has 3 aliphatic heterocycles. The van der Waals surface area contributed by atoms with Crippen molar-refractivity contribution in [1.29, 1.82) is 0 Å². The molecule has 15 atom stereocenters. The number of hydrogen-bond donors (Lipinski definition) is 6. The lowest BCUT2D eigenvalue weighted by Gasteiger charge is -2.40. The van der Waals surface area contributed by atoms with E-state index in [0.717, 1.165) is 19.0 Å². The Balaban J connectivity index is 0.000000160. The van der Waals surface area contributed by atoms with Crippen LogP contribution in [0.1, 0.15) is 82.7 Å². The lowest BCUT2D eigenvalue weighted by molar-refractivity contribution is -0.161. The molecule has 9 aromatic rings. The third-order valence-corrected chi connectivity index (χ3v) is 22.9. The number of aromatic nitrogens is 3. The molecule has 6 N–H and O–H groups in total. The lowest BCUT2D eigenvalue weighted by atomic mass is 9.70. The maximum atomic E-state index is 13.6. The molecule has 15 rings (SSSR count). The van der Waals surface area contributed by atoms with Gasteiger partial charge in [0.15, 0.2) is 33.6 Å². The molecule has 568 valence electrons. The van der Waals surface area contributed by atoms with Gasteiger partial charge in [0.1, 0.15) is 35.6 Å². The number of ether oxygens (including phenoxy) is 11. The van der Waals surface area contributed by atoms with Crippen LogP contribution in [0.5, 0.6) is 52.5 Å². The van der Waals surface area contributed by atoms with Crippen molar-refractivity contribution in [1.82, 2.24) is 19.9 Å². The van der Waals surface area contributed by atoms with Gasteiger partial charge in [0, 0.05) is 63.5 Å². The van der Waals surface area contributed by atoms with Gasteiger partial charge < -0.3 is 87.6 Å². The summed E-state index contributed by atoms with van der Waals surface area (Å²) in [5, 5.41) is 73.4. The fourth-order valence-corrected chi connectivity index (χ4v) is 17.8. The molecule has 0 bridgehead atoms. The molecule has 1 amide bonds. The molecule has 6 aromatic carbocycles. The molecule has 0 saturated heterocycles. The summed E-state index contributed by atoms with van der Waals surface area (Å²) in [6.07, 6.45) is -4.78. The van der Waals surface area contributed by atoms with Crippen molar-refractivity contribution in [3.05, 3.63) is 245 Å². The highest BCUT2D eigenvalue weighted by molar-refractivity contribution is 9.11. The van der Waals surface area contributed by atoms with Crippen LogP contribution in [0.15, 0.2) is 195 Å². The van der Waals surface area contributed by atoms with E-state index in [1.54, 1.807) is 44.4 Å². The minimum atomic E-state index is -2.12. The van der Waals surface area contributed by atoms with Gasteiger partial charge in [0.25, 0.3) is 0 Å². The molecule has 108 heavy (non-hydrogen) atoms. The Kier molecular flexibility index (Phi) is 22.5. The molecular formula is C81H83Br3N4O20. The van der Waals surface area contributed by atoms with Crippen LogP contribution < -0.4 is 42.6 Å². The number of methoxy groups -OCH3 is 8. The molecule has 6 heterocycles. The van der Waals surface area contributed by atoms with Gasteiger partial charge >= 0.3 is 11.9 Å². The summed E-state index contributed by atoms with van der Waals surface area (Å²) in [5.74, 6) is -5.95. The number of aliphatic hydroxyl groups is 6. The van der Waals surface area contributed by atoms with Crippen molar-refractivity contribution in [2.75, 3.05) is 71.0 Å². The van der Waals surface area contributed by atoms with Gasteiger partial charge in [-0.1, -0.05) is 190 Å². The van der Waals surface area contributed by atoms with Crippen LogP contribution in [0.2, 0.25) is 0 Å². The molecule has 0 spiro atoms. The summed E-state index contributed by atoms with van der Waals surface area (Å²) >= 11 is 10.4. The van der Waals surface area contributed by atoms with Gasteiger partial charge in [0.05, 0.1) is 91.3 Å². The van der Waals surface area contributed by atoms with E-state index in [1.165, 1.54) is 73.9 Å². The highest BCUT2D eigenvalue weighted by Crippen LogP contribution is 2.74. The predicted octanol–water partition coefficient (Wildman–Crippen LogP) is 11.0. The van der Waals surface area contributed by atoms with Crippen LogP contribution in [0, 0.1) is 17.8 Å². The Morgan fingerprint density at radius 1 is 0.389 bits per heavy atom. The third-order valence-electron chi connectivity index (χ3n) is 21.3. The van der Waals surface area contributed by atoms with Crippen LogP contribution in [0.4, 0.5) is 0 Å². The van der Waals surface area contributed by atoms with Crippen molar-refractivity contribution in [3.8, 4) is 52.5 Å². The minimum Gasteiger partial charge on any atom is -0.481 e. The molecule has 3 aliphatic carbocycles. The minimum absolute atomic E-state index is 0. The second-order valence-corrected chi connectivity index (χ2v) is 29.1. The van der Waals surface area contributed by atoms with Crippen LogP contribution in [-0.4, -0.2) is 158 Å². The number of nitrogens with zero attached hydrogens (tertiary/aromatic N) is 4. The van der Waals surface area contributed by atoms with Crippen molar-refractivity contribution >= 4 is 65.6 Å². The number of hydrogen-bond acceptors (Lipinski definition) is 23. The summed E-state index contributed by atoms with van der Waals surface area (Å²) in [5.41, 5.74) is -6.90. The van der Waals surface area contributed by atoms with E-state index < -0.39 is 99.4 Å². The van der Waals surface area contributed by atoms with Crippen molar-refractivity contribution in [2.24, 2.45) is 17.8 Å². The second kappa shape index (κ2) is 30.6. The maximum Gasteiger partial charge on any atom is 0.312 e. The monoisotopic (exact) mass is 1670 g/mol. The van der Waals surface area contributed by atoms with Crippen molar-refractivity contribution in [3.63, 3.8) is 0 Å². The Morgan fingerprint density at radius 3 is 0.870 bits per heavy atom. The molecule has 3 saturated carbocycles. The zero-order valence-corrected chi connectivity index (χ0v) is 63.6. The summed E-state index contributed by atoms with van der Waals surface area (Å²) < 4.78 is 65.3. The molecule has 6 aliphatic rings. The first-order valence-corrected chi connectivity index (χ1v) is 35.7. The third kappa shape index (κ3) is 11.7. The SMILES string of the molecule is C.C.COC(=O)[C@H]1[C@@H](O)[C@@]2(O)c3c(cc(OC)nc3OC)O[C@@]2(c2ccc(Br)cc2)[C@@H]1c1ccccc1.COC(=O)[C@H]1[C@@H](O)[C@@]2(O)c3c(cc(OC)nc3OC)O[C@@]2(c2ccc(Br)cc2)[C@@H]1c1ccccc1.COc1cc2c(c(OC)n1)[C@]1(O)[C@H](O)[C@H](C(=O)N(C)C)[C@@H](c3ccccc3)[C@]1(c1ccc(Br)cc1)O2.